The van der Waals surface area contributed by atoms with Gasteiger partial charge in [0.25, 0.3) is 0 Å². The summed E-state index contributed by atoms with van der Waals surface area (Å²) in [5, 5.41) is 8.98. The van der Waals surface area contributed by atoms with Crippen molar-refractivity contribution in [1.29, 1.82) is 0 Å². The van der Waals surface area contributed by atoms with Crippen LogP contribution in [0.5, 0.6) is 0 Å². The number of morpholine rings is 1. The first-order chi connectivity index (χ1) is 15.8. The number of rotatable bonds is 4. The number of hydrogen-bond donors (Lipinski definition) is 0. The average Bonchev–Trinajstić information content (AvgIpc) is 2.89. The van der Waals surface area contributed by atoms with Crippen molar-refractivity contribution in [3.8, 4) is 0 Å². The molecule has 5 rings (SSSR count). The van der Waals surface area contributed by atoms with Crippen molar-refractivity contribution in [2.45, 2.75) is 51.0 Å². The van der Waals surface area contributed by atoms with Gasteiger partial charge in [0.15, 0.2) is 11.6 Å². The number of hydrogen-bond acceptors (Lipinski definition) is 7. The smallest absolute Gasteiger partial charge is 0.227 e. The monoisotopic (exact) mass is 442 g/mol. The highest BCUT2D eigenvalue weighted by Gasteiger charge is 2.33. The fourth-order valence-corrected chi connectivity index (χ4v) is 5.83. The SMILES string of the molecule is O=C(C1CCCN(c2ccc(N3CCOCC3)nn2)C1)N1CCC(N2CCCCC2)CC1. The summed E-state index contributed by atoms with van der Waals surface area (Å²) in [4.78, 5) is 22.6. The lowest BCUT2D eigenvalue weighted by molar-refractivity contribution is -0.137. The number of aromatic nitrogens is 2. The van der Waals surface area contributed by atoms with Crippen LogP contribution in [-0.4, -0.2) is 97.5 Å². The molecule has 1 unspecified atom stereocenters. The maximum Gasteiger partial charge on any atom is 0.227 e. The van der Waals surface area contributed by atoms with Crippen LogP contribution in [0.3, 0.4) is 0 Å². The van der Waals surface area contributed by atoms with Gasteiger partial charge in [-0.3, -0.25) is 4.79 Å². The molecule has 8 heteroatoms. The van der Waals surface area contributed by atoms with Crippen LogP contribution < -0.4 is 9.80 Å². The Morgan fingerprint density at radius 3 is 2.16 bits per heavy atom. The second-order valence-electron chi connectivity index (χ2n) is 9.79. The zero-order valence-corrected chi connectivity index (χ0v) is 19.3. The van der Waals surface area contributed by atoms with Crippen LogP contribution in [0.1, 0.15) is 44.9 Å². The van der Waals surface area contributed by atoms with Crippen molar-refractivity contribution in [1.82, 2.24) is 20.0 Å². The highest BCUT2D eigenvalue weighted by atomic mass is 16.5. The van der Waals surface area contributed by atoms with E-state index in [9.17, 15) is 4.79 Å². The minimum Gasteiger partial charge on any atom is -0.378 e. The third-order valence-electron chi connectivity index (χ3n) is 7.75. The molecule has 0 bridgehead atoms. The predicted octanol–water partition coefficient (Wildman–Crippen LogP) is 2.01. The van der Waals surface area contributed by atoms with Gasteiger partial charge >= 0.3 is 0 Å². The van der Waals surface area contributed by atoms with Crippen LogP contribution in [0.2, 0.25) is 0 Å². The molecule has 1 aromatic rings. The van der Waals surface area contributed by atoms with Gasteiger partial charge in [-0.25, -0.2) is 0 Å². The molecule has 4 aliphatic heterocycles. The highest BCUT2D eigenvalue weighted by molar-refractivity contribution is 5.80. The normalized spacial score (nSPS) is 26.4. The summed E-state index contributed by atoms with van der Waals surface area (Å²) in [5.74, 6) is 2.24. The molecule has 4 fully saturated rings. The van der Waals surface area contributed by atoms with E-state index < -0.39 is 0 Å². The van der Waals surface area contributed by atoms with Crippen LogP contribution in [0.15, 0.2) is 12.1 Å². The predicted molar refractivity (Wildman–Crippen MR) is 125 cm³/mol. The molecule has 8 nitrogen and oxygen atoms in total. The lowest BCUT2D eigenvalue weighted by Crippen LogP contribution is -2.51. The maximum absolute atomic E-state index is 13.3. The number of nitrogens with zero attached hydrogens (tertiary/aromatic N) is 6. The minimum absolute atomic E-state index is 0.0796. The summed E-state index contributed by atoms with van der Waals surface area (Å²) >= 11 is 0. The van der Waals surface area contributed by atoms with E-state index >= 15 is 0 Å². The molecule has 0 radical (unpaired) electrons. The topological polar surface area (TPSA) is 65.0 Å². The molecule has 0 N–H and O–H groups in total. The van der Waals surface area contributed by atoms with Crippen molar-refractivity contribution in [2.75, 3.05) is 75.4 Å². The Bertz CT molecular complexity index is 739. The van der Waals surface area contributed by atoms with Crippen LogP contribution in [-0.2, 0) is 9.53 Å². The summed E-state index contributed by atoms with van der Waals surface area (Å²) in [5.41, 5.74) is 0. The Hall–Kier alpha value is -1.93. The molecule has 1 aromatic heterocycles. The van der Waals surface area contributed by atoms with Gasteiger partial charge in [-0.05, 0) is 63.7 Å². The molecule has 32 heavy (non-hydrogen) atoms. The van der Waals surface area contributed by atoms with Crippen molar-refractivity contribution in [3.63, 3.8) is 0 Å². The molecule has 1 amide bonds. The second-order valence-corrected chi connectivity index (χ2v) is 9.79. The zero-order valence-electron chi connectivity index (χ0n) is 19.3. The maximum atomic E-state index is 13.3. The molecule has 4 aliphatic rings. The fourth-order valence-electron chi connectivity index (χ4n) is 5.83. The molecule has 4 saturated heterocycles. The van der Waals surface area contributed by atoms with E-state index in [0.29, 0.717) is 11.9 Å². The van der Waals surface area contributed by atoms with Crippen LogP contribution in [0.25, 0.3) is 0 Å². The third kappa shape index (κ3) is 5.01. The Morgan fingerprint density at radius 2 is 1.47 bits per heavy atom. The largest absolute Gasteiger partial charge is 0.378 e. The molecule has 0 saturated carbocycles. The summed E-state index contributed by atoms with van der Waals surface area (Å²) < 4.78 is 5.42. The van der Waals surface area contributed by atoms with Gasteiger partial charge in [0, 0.05) is 45.3 Å². The van der Waals surface area contributed by atoms with E-state index in [1.54, 1.807) is 0 Å². The van der Waals surface area contributed by atoms with Gasteiger partial charge in [-0.1, -0.05) is 6.42 Å². The molecule has 1 atom stereocenters. The summed E-state index contributed by atoms with van der Waals surface area (Å²) in [6, 6.07) is 4.81. The van der Waals surface area contributed by atoms with Gasteiger partial charge in [0.05, 0.1) is 19.1 Å². The lowest BCUT2D eigenvalue weighted by atomic mass is 9.94. The molecule has 0 spiro atoms. The number of amides is 1. The fraction of sp³-hybridized carbons (Fsp3) is 0.792. The Kier molecular flexibility index (Phi) is 7.07. The van der Waals surface area contributed by atoms with Crippen LogP contribution in [0.4, 0.5) is 11.6 Å². The number of anilines is 2. The molecule has 5 heterocycles. The quantitative estimate of drug-likeness (QED) is 0.707. The van der Waals surface area contributed by atoms with E-state index in [0.717, 1.165) is 89.8 Å². The van der Waals surface area contributed by atoms with Crippen LogP contribution in [0, 0.1) is 5.92 Å². The van der Waals surface area contributed by atoms with Crippen molar-refractivity contribution < 1.29 is 9.53 Å². The first kappa shape index (κ1) is 21.9. The summed E-state index contributed by atoms with van der Waals surface area (Å²) in [6.07, 6.45) is 8.36. The van der Waals surface area contributed by atoms with Gasteiger partial charge in [0.1, 0.15) is 0 Å². The van der Waals surface area contributed by atoms with Gasteiger partial charge < -0.3 is 24.3 Å². The van der Waals surface area contributed by atoms with Crippen LogP contribution >= 0.6 is 0 Å². The first-order valence-electron chi connectivity index (χ1n) is 12.7. The van der Waals surface area contributed by atoms with E-state index in [4.69, 9.17) is 4.74 Å². The Morgan fingerprint density at radius 1 is 0.781 bits per heavy atom. The molecular formula is C24H38N6O2. The van der Waals surface area contributed by atoms with E-state index in [2.05, 4.69) is 41.9 Å². The number of ether oxygens (including phenoxy) is 1. The molecule has 176 valence electrons. The Balaban J connectivity index is 1.14. The van der Waals surface area contributed by atoms with E-state index in [-0.39, 0.29) is 5.92 Å². The van der Waals surface area contributed by atoms with Crippen molar-refractivity contribution in [2.24, 2.45) is 5.92 Å². The van der Waals surface area contributed by atoms with Gasteiger partial charge in [-0.15, -0.1) is 10.2 Å². The number of likely N-dealkylation sites (tertiary alicyclic amines) is 2. The summed E-state index contributed by atoms with van der Waals surface area (Å²) in [7, 11) is 0. The second kappa shape index (κ2) is 10.3. The van der Waals surface area contributed by atoms with Crippen molar-refractivity contribution in [3.05, 3.63) is 12.1 Å². The first-order valence-corrected chi connectivity index (χ1v) is 12.7. The lowest BCUT2D eigenvalue weighted by Gasteiger charge is -2.42. The zero-order chi connectivity index (χ0) is 21.8. The van der Waals surface area contributed by atoms with Gasteiger partial charge in [-0.2, -0.15) is 0 Å². The molecule has 0 aliphatic carbocycles. The summed E-state index contributed by atoms with van der Waals surface area (Å²) in [6.45, 7) is 9.27. The van der Waals surface area contributed by atoms with Gasteiger partial charge in [0.2, 0.25) is 5.91 Å². The number of carbonyl (C=O) groups is 1. The Labute approximate surface area is 191 Å². The number of piperidine rings is 3. The standard InChI is InChI=1S/C24H38N6O2/c31-24(29-13-8-21(9-14-29)27-10-2-1-3-11-27)20-5-4-12-30(19-20)23-7-6-22(25-26-23)28-15-17-32-18-16-28/h6-7,20-21H,1-5,8-19H2. The molecule has 0 aromatic carbocycles. The minimum atomic E-state index is 0.0796. The molecular weight excluding hydrogens is 404 g/mol. The highest BCUT2D eigenvalue weighted by Crippen LogP contribution is 2.26. The van der Waals surface area contributed by atoms with Crippen molar-refractivity contribution >= 4 is 17.5 Å². The van der Waals surface area contributed by atoms with E-state index in [1.165, 1.54) is 32.4 Å². The third-order valence-corrected chi connectivity index (χ3v) is 7.75. The number of carbonyl (C=O) groups excluding carboxylic acids is 1. The van der Waals surface area contributed by atoms with E-state index in [1.807, 2.05) is 0 Å². The average molecular weight is 443 g/mol.